The molecule has 1 aliphatic heterocycles. The van der Waals surface area contributed by atoms with Gasteiger partial charge in [-0.2, -0.15) is 31.6 Å². The van der Waals surface area contributed by atoms with Gasteiger partial charge in [-0.05, 0) is 49.4 Å². The topological polar surface area (TPSA) is 79.6 Å². The number of anilines is 2. The molecule has 0 saturated carbocycles. The predicted molar refractivity (Wildman–Crippen MR) is 116 cm³/mol. The van der Waals surface area contributed by atoms with Crippen LogP contribution in [0.2, 0.25) is 0 Å². The highest BCUT2D eigenvalue weighted by Crippen LogP contribution is 2.34. The van der Waals surface area contributed by atoms with Gasteiger partial charge in [0, 0.05) is 44.1 Å². The van der Waals surface area contributed by atoms with E-state index in [1.54, 1.807) is 4.90 Å². The van der Waals surface area contributed by atoms with Crippen LogP contribution in [0.5, 0.6) is 0 Å². The van der Waals surface area contributed by atoms with Crippen molar-refractivity contribution in [3.63, 3.8) is 0 Å². The van der Waals surface area contributed by atoms with E-state index in [0.29, 0.717) is 37.9 Å². The van der Waals surface area contributed by atoms with Crippen LogP contribution in [0.15, 0.2) is 42.5 Å². The summed E-state index contributed by atoms with van der Waals surface area (Å²) in [7, 11) is 0. The number of benzene rings is 2. The standard InChI is InChI=1S/C23H22F6N4O2/c1-21(35,20(34)31-17-5-2-15(13-30)19(12-17)23(27,28)29)14-32-8-10-33(11-9-32)18-6-3-16(4-7-18)22(24,25)26/h2-7,12,35H,8-11,14H2,1H3,(H,31,34). The van der Waals surface area contributed by atoms with Gasteiger partial charge in [0.15, 0.2) is 5.60 Å². The minimum Gasteiger partial charge on any atom is -0.379 e. The van der Waals surface area contributed by atoms with Gasteiger partial charge in [0.25, 0.3) is 5.91 Å². The summed E-state index contributed by atoms with van der Waals surface area (Å²) in [6.07, 6.45) is -9.21. The molecule has 2 N–H and O–H groups in total. The number of amides is 1. The summed E-state index contributed by atoms with van der Waals surface area (Å²) >= 11 is 0. The van der Waals surface area contributed by atoms with Crippen molar-refractivity contribution < 1.29 is 36.2 Å². The third-order valence-electron chi connectivity index (χ3n) is 5.66. The number of carbonyl (C=O) groups excluding carboxylic acids is 1. The summed E-state index contributed by atoms with van der Waals surface area (Å²) in [5.74, 6) is -0.916. The molecule has 2 aromatic rings. The van der Waals surface area contributed by atoms with Crippen LogP contribution >= 0.6 is 0 Å². The van der Waals surface area contributed by atoms with Gasteiger partial charge in [-0.1, -0.05) is 0 Å². The predicted octanol–water partition coefficient (Wildman–Crippen LogP) is 4.11. The second-order valence-corrected chi connectivity index (χ2v) is 8.41. The molecule has 0 radical (unpaired) electrons. The van der Waals surface area contributed by atoms with Gasteiger partial charge in [0.2, 0.25) is 0 Å². The first kappa shape index (κ1) is 26.3. The van der Waals surface area contributed by atoms with Crippen molar-refractivity contribution in [1.29, 1.82) is 5.26 Å². The van der Waals surface area contributed by atoms with Gasteiger partial charge in [-0.25, -0.2) is 0 Å². The Hall–Kier alpha value is -3.30. The van der Waals surface area contributed by atoms with Crippen molar-refractivity contribution in [3.05, 3.63) is 59.2 Å². The molecule has 0 aliphatic carbocycles. The number of nitrogens with zero attached hydrogens (tertiary/aromatic N) is 3. The molecule has 6 nitrogen and oxygen atoms in total. The van der Waals surface area contributed by atoms with E-state index in [4.69, 9.17) is 5.26 Å². The lowest BCUT2D eigenvalue weighted by Gasteiger charge is -2.38. The molecule has 0 bridgehead atoms. The van der Waals surface area contributed by atoms with Crippen molar-refractivity contribution in [2.24, 2.45) is 0 Å². The fraction of sp³-hybridized carbons (Fsp3) is 0.391. The Morgan fingerprint density at radius 3 is 2.11 bits per heavy atom. The van der Waals surface area contributed by atoms with Gasteiger partial charge >= 0.3 is 12.4 Å². The molecule has 0 aromatic heterocycles. The molecule has 1 aliphatic rings. The smallest absolute Gasteiger partial charge is 0.379 e. The third-order valence-corrected chi connectivity index (χ3v) is 5.66. The lowest BCUT2D eigenvalue weighted by molar-refractivity contribution is -0.138. The van der Waals surface area contributed by atoms with Crippen molar-refractivity contribution in [2.45, 2.75) is 24.9 Å². The zero-order valence-corrected chi connectivity index (χ0v) is 18.5. The average Bonchev–Trinajstić information content (AvgIpc) is 2.78. The maximum atomic E-state index is 13.1. The lowest BCUT2D eigenvalue weighted by Crippen LogP contribution is -2.54. The normalized spacial score (nSPS) is 16.9. The highest BCUT2D eigenvalue weighted by molar-refractivity contribution is 5.97. The number of nitriles is 1. The summed E-state index contributed by atoms with van der Waals surface area (Å²) in [6, 6.07) is 8.94. The summed E-state index contributed by atoms with van der Waals surface area (Å²) < 4.78 is 77.7. The summed E-state index contributed by atoms with van der Waals surface area (Å²) in [6.45, 7) is 2.81. The van der Waals surface area contributed by atoms with Gasteiger partial charge in [-0.15, -0.1) is 0 Å². The van der Waals surface area contributed by atoms with Crippen molar-refractivity contribution in [2.75, 3.05) is 42.9 Å². The molecule has 1 amide bonds. The summed E-state index contributed by atoms with van der Waals surface area (Å²) in [4.78, 5) is 16.2. The fourth-order valence-electron chi connectivity index (χ4n) is 3.75. The molecule has 1 atom stereocenters. The van der Waals surface area contributed by atoms with E-state index < -0.39 is 40.6 Å². The molecule has 12 heteroatoms. The Bertz CT molecular complexity index is 1100. The Morgan fingerprint density at radius 1 is 1.00 bits per heavy atom. The van der Waals surface area contributed by atoms with Crippen LogP contribution in [0, 0.1) is 11.3 Å². The average molecular weight is 500 g/mol. The molecular weight excluding hydrogens is 478 g/mol. The minimum absolute atomic E-state index is 0.109. The number of β-amino-alcohol motifs (C(OH)–C–C–N with tert-alkyl or cyclic N) is 1. The van der Waals surface area contributed by atoms with Crippen molar-refractivity contribution >= 4 is 17.3 Å². The Kier molecular flexibility index (Phi) is 7.33. The zero-order valence-electron chi connectivity index (χ0n) is 18.5. The quantitative estimate of drug-likeness (QED) is 0.605. The first-order valence-corrected chi connectivity index (χ1v) is 10.5. The SMILES string of the molecule is CC(O)(CN1CCN(c2ccc(C(F)(F)F)cc2)CC1)C(=O)Nc1ccc(C#N)c(C(F)(F)F)c1. The third kappa shape index (κ3) is 6.43. The number of nitrogens with one attached hydrogen (secondary N) is 1. The van der Waals surface area contributed by atoms with Gasteiger partial charge in [0.1, 0.15) is 0 Å². The molecule has 1 fully saturated rings. The highest BCUT2D eigenvalue weighted by Gasteiger charge is 2.36. The first-order chi connectivity index (χ1) is 16.2. The van der Waals surface area contributed by atoms with E-state index >= 15 is 0 Å². The highest BCUT2D eigenvalue weighted by atomic mass is 19.4. The Labute approximate surface area is 197 Å². The number of aliphatic hydroxyl groups is 1. The number of piperazine rings is 1. The Balaban J connectivity index is 1.59. The summed E-state index contributed by atoms with van der Waals surface area (Å²) in [5, 5.41) is 21.8. The number of carbonyl (C=O) groups is 1. The van der Waals surface area contributed by atoms with E-state index in [0.717, 1.165) is 24.3 Å². The van der Waals surface area contributed by atoms with Crippen LogP contribution in [-0.2, 0) is 17.1 Å². The van der Waals surface area contributed by atoms with Crippen LogP contribution in [0.25, 0.3) is 0 Å². The van der Waals surface area contributed by atoms with Gasteiger partial charge in [-0.3, -0.25) is 9.69 Å². The second kappa shape index (κ2) is 9.75. The number of rotatable bonds is 5. The van der Waals surface area contributed by atoms with Crippen LogP contribution in [0.3, 0.4) is 0 Å². The van der Waals surface area contributed by atoms with Crippen molar-refractivity contribution in [1.82, 2.24) is 4.90 Å². The van der Waals surface area contributed by atoms with E-state index in [1.165, 1.54) is 25.1 Å². The molecule has 188 valence electrons. The molecule has 2 aromatic carbocycles. The van der Waals surface area contributed by atoms with E-state index in [1.807, 2.05) is 4.90 Å². The van der Waals surface area contributed by atoms with Gasteiger partial charge in [0.05, 0.1) is 22.8 Å². The minimum atomic E-state index is -4.79. The Morgan fingerprint density at radius 2 is 1.60 bits per heavy atom. The van der Waals surface area contributed by atoms with E-state index in [9.17, 15) is 36.2 Å². The number of alkyl halides is 6. The van der Waals surface area contributed by atoms with Crippen LogP contribution < -0.4 is 10.2 Å². The van der Waals surface area contributed by atoms with Crippen LogP contribution in [0.1, 0.15) is 23.6 Å². The second-order valence-electron chi connectivity index (χ2n) is 8.41. The van der Waals surface area contributed by atoms with E-state index in [2.05, 4.69) is 5.32 Å². The number of halogens is 6. The van der Waals surface area contributed by atoms with Crippen LogP contribution in [-0.4, -0.2) is 54.2 Å². The zero-order chi connectivity index (χ0) is 26.0. The maximum absolute atomic E-state index is 13.1. The first-order valence-electron chi connectivity index (χ1n) is 10.5. The lowest BCUT2D eigenvalue weighted by atomic mass is 10.0. The molecule has 0 spiro atoms. The fourth-order valence-corrected chi connectivity index (χ4v) is 3.75. The monoisotopic (exact) mass is 500 g/mol. The van der Waals surface area contributed by atoms with Crippen molar-refractivity contribution in [3.8, 4) is 6.07 Å². The molecule has 1 saturated heterocycles. The molecule has 3 rings (SSSR count). The molecular formula is C23H22F6N4O2. The molecule has 1 heterocycles. The molecule has 35 heavy (non-hydrogen) atoms. The maximum Gasteiger partial charge on any atom is 0.417 e. The van der Waals surface area contributed by atoms with Gasteiger partial charge < -0.3 is 15.3 Å². The summed E-state index contributed by atoms with van der Waals surface area (Å²) in [5.41, 5.74) is -4.07. The van der Waals surface area contributed by atoms with Crippen LogP contribution in [0.4, 0.5) is 37.7 Å². The molecule has 1 unspecified atom stereocenters. The van der Waals surface area contributed by atoms with E-state index in [-0.39, 0.29) is 12.2 Å². The number of hydrogen-bond acceptors (Lipinski definition) is 5. The number of hydrogen-bond donors (Lipinski definition) is 2. The largest absolute Gasteiger partial charge is 0.417 e.